The summed E-state index contributed by atoms with van der Waals surface area (Å²) in [5.74, 6) is 0.608. The lowest BCUT2D eigenvalue weighted by molar-refractivity contribution is -0.118. The number of likely N-dealkylation sites (N-methyl/N-ethyl adjacent to an activating group) is 3. The van der Waals surface area contributed by atoms with Crippen molar-refractivity contribution in [2.24, 2.45) is 0 Å². The lowest BCUT2D eigenvalue weighted by Crippen LogP contribution is -2.33. The zero-order chi connectivity index (χ0) is 20.3. The van der Waals surface area contributed by atoms with E-state index in [0.717, 1.165) is 16.1 Å². The number of anilines is 1. The van der Waals surface area contributed by atoms with Crippen LogP contribution in [-0.4, -0.2) is 44.4 Å². The summed E-state index contributed by atoms with van der Waals surface area (Å²) < 4.78 is 5.81. The Morgan fingerprint density at radius 1 is 1.32 bits per heavy atom. The van der Waals surface area contributed by atoms with Gasteiger partial charge in [-0.3, -0.25) is 9.59 Å². The van der Waals surface area contributed by atoms with Crippen LogP contribution in [0.25, 0.3) is 12.2 Å². The molecule has 1 aromatic carbocycles. The van der Waals surface area contributed by atoms with Crippen molar-refractivity contribution in [2.45, 2.75) is 6.92 Å². The number of carbonyl (C=O) groups is 2. The third-order valence-electron chi connectivity index (χ3n) is 4.23. The molecule has 0 fully saturated rings. The monoisotopic (exact) mass is 397 g/mol. The van der Waals surface area contributed by atoms with Gasteiger partial charge in [0, 0.05) is 38.6 Å². The van der Waals surface area contributed by atoms with Crippen LogP contribution < -0.4 is 15.0 Å². The number of nitrogens with zero attached hydrogens (tertiary/aromatic N) is 2. The van der Waals surface area contributed by atoms with Crippen LogP contribution in [0.5, 0.6) is 5.75 Å². The molecule has 1 aliphatic heterocycles. The number of hydrogen-bond acceptors (Lipinski definition) is 5. The van der Waals surface area contributed by atoms with E-state index >= 15 is 0 Å². The Morgan fingerprint density at radius 2 is 2.07 bits per heavy atom. The third kappa shape index (κ3) is 4.09. The summed E-state index contributed by atoms with van der Waals surface area (Å²) in [6.07, 6.45) is 3.56. The Labute approximate surface area is 168 Å². The number of ether oxygens (including phenoxy) is 1. The van der Waals surface area contributed by atoms with Crippen LogP contribution >= 0.6 is 11.3 Å². The maximum atomic E-state index is 12.6. The van der Waals surface area contributed by atoms with Crippen LogP contribution in [0, 0.1) is 0 Å². The molecule has 3 rings (SSSR count). The molecule has 0 aliphatic carbocycles. The van der Waals surface area contributed by atoms with E-state index in [1.54, 1.807) is 22.9 Å². The smallest absolute Gasteiger partial charge is 0.293 e. The van der Waals surface area contributed by atoms with Gasteiger partial charge in [-0.2, -0.15) is 0 Å². The number of hydrogen-bond donors (Lipinski definition) is 1. The average Bonchev–Trinajstić information content (AvgIpc) is 3.11. The van der Waals surface area contributed by atoms with E-state index in [1.807, 2.05) is 62.8 Å². The predicted molar refractivity (Wildman–Crippen MR) is 113 cm³/mol. The average molecular weight is 398 g/mol. The Balaban J connectivity index is 1.87. The van der Waals surface area contributed by atoms with Crippen LogP contribution in [0.4, 0.5) is 5.69 Å². The molecule has 1 aliphatic rings. The first-order valence-electron chi connectivity index (χ1n) is 8.93. The maximum absolute atomic E-state index is 12.6. The highest BCUT2D eigenvalue weighted by atomic mass is 32.1. The summed E-state index contributed by atoms with van der Waals surface area (Å²) in [5, 5.41) is 4.76. The Hall–Kier alpha value is -3.06. The molecule has 2 amide bonds. The fraction of sp³-hybridized carbons (Fsp3) is 0.238. The molecule has 2 aromatic rings. The normalized spacial score (nSPS) is 15.3. The first-order valence-corrected chi connectivity index (χ1v) is 9.81. The fourth-order valence-corrected chi connectivity index (χ4v) is 3.59. The number of benzene rings is 1. The summed E-state index contributed by atoms with van der Waals surface area (Å²) in [5.41, 5.74) is 2.21. The number of nitrogens with one attached hydrogen (secondary N) is 1. The number of thiophene rings is 1. The Kier molecular flexibility index (Phi) is 5.84. The van der Waals surface area contributed by atoms with Gasteiger partial charge in [0.1, 0.15) is 5.70 Å². The van der Waals surface area contributed by atoms with Gasteiger partial charge in [0.05, 0.1) is 5.69 Å². The summed E-state index contributed by atoms with van der Waals surface area (Å²) in [7, 11) is 5.39. The first-order chi connectivity index (χ1) is 13.4. The van der Waals surface area contributed by atoms with Gasteiger partial charge >= 0.3 is 0 Å². The van der Waals surface area contributed by atoms with Crippen molar-refractivity contribution >= 4 is 41.0 Å². The molecule has 0 atom stereocenters. The van der Waals surface area contributed by atoms with Crippen molar-refractivity contribution in [1.82, 2.24) is 10.2 Å². The van der Waals surface area contributed by atoms with Crippen LogP contribution in [0.2, 0.25) is 0 Å². The summed E-state index contributed by atoms with van der Waals surface area (Å²) >= 11 is 1.48. The van der Waals surface area contributed by atoms with Crippen LogP contribution in [0.3, 0.4) is 0 Å². The topological polar surface area (TPSA) is 61.9 Å². The molecule has 0 bridgehead atoms. The molecule has 28 heavy (non-hydrogen) atoms. The number of amides is 2. The minimum Gasteiger partial charge on any atom is -0.449 e. The number of rotatable bonds is 5. The van der Waals surface area contributed by atoms with E-state index in [-0.39, 0.29) is 17.6 Å². The molecule has 0 radical (unpaired) electrons. The second-order valence-electron chi connectivity index (χ2n) is 6.51. The molecule has 7 heteroatoms. The minimum atomic E-state index is -0.194. The van der Waals surface area contributed by atoms with Crippen molar-refractivity contribution in [3.8, 4) is 5.75 Å². The van der Waals surface area contributed by atoms with Gasteiger partial charge in [0.15, 0.2) is 11.5 Å². The Morgan fingerprint density at radius 3 is 2.79 bits per heavy atom. The zero-order valence-corrected chi connectivity index (χ0v) is 17.2. The van der Waals surface area contributed by atoms with Crippen molar-refractivity contribution in [3.05, 3.63) is 57.6 Å². The molecule has 2 heterocycles. The molecular weight excluding hydrogens is 374 g/mol. The SMILES string of the molecule is CCNC(=O)/C(=C\c1csc(/C=C2\Oc3ccccc3N(C)C2=O)c1)N(C)C. The highest BCUT2D eigenvalue weighted by Gasteiger charge is 2.27. The second kappa shape index (κ2) is 8.31. The van der Waals surface area contributed by atoms with Gasteiger partial charge in [0.2, 0.25) is 0 Å². The van der Waals surface area contributed by atoms with Crippen LogP contribution in [-0.2, 0) is 9.59 Å². The van der Waals surface area contributed by atoms with Crippen LogP contribution in [0.1, 0.15) is 17.4 Å². The van der Waals surface area contributed by atoms with E-state index in [0.29, 0.717) is 18.0 Å². The molecule has 0 spiro atoms. The first kappa shape index (κ1) is 19.7. The van der Waals surface area contributed by atoms with Gasteiger partial charge in [-0.1, -0.05) is 12.1 Å². The lowest BCUT2D eigenvalue weighted by Gasteiger charge is -2.27. The standard InChI is InChI=1S/C21H23N3O3S/c1-5-22-20(25)17(23(2)3)11-14-10-15(28-13-14)12-19-21(26)24(4)16-8-6-7-9-18(16)27-19/h6-13H,5H2,1-4H3,(H,22,25)/b17-11+,19-12-. The molecule has 1 aromatic heterocycles. The van der Waals surface area contributed by atoms with Gasteiger partial charge in [-0.15, -0.1) is 11.3 Å². The molecule has 1 N–H and O–H groups in total. The summed E-state index contributed by atoms with van der Waals surface area (Å²) in [6.45, 7) is 2.45. The lowest BCUT2D eigenvalue weighted by atomic mass is 10.2. The van der Waals surface area contributed by atoms with Crippen molar-refractivity contribution in [3.63, 3.8) is 0 Å². The van der Waals surface area contributed by atoms with E-state index in [4.69, 9.17) is 4.74 Å². The molecule has 6 nitrogen and oxygen atoms in total. The molecule has 0 unspecified atom stereocenters. The summed E-state index contributed by atoms with van der Waals surface area (Å²) in [6, 6.07) is 9.36. The zero-order valence-electron chi connectivity index (χ0n) is 16.4. The van der Waals surface area contributed by atoms with E-state index in [1.165, 1.54) is 11.3 Å². The number of carbonyl (C=O) groups excluding carboxylic acids is 2. The fourth-order valence-electron chi connectivity index (χ4n) is 2.80. The van der Waals surface area contributed by atoms with E-state index in [2.05, 4.69) is 5.32 Å². The highest BCUT2D eigenvalue weighted by molar-refractivity contribution is 7.11. The van der Waals surface area contributed by atoms with E-state index < -0.39 is 0 Å². The van der Waals surface area contributed by atoms with Crippen molar-refractivity contribution in [1.29, 1.82) is 0 Å². The van der Waals surface area contributed by atoms with Gasteiger partial charge in [-0.25, -0.2) is 0 Å². The van der Waals surface area contributed by atoms with Crippen molar-refractivity contribution in [2.75, 3.05) is 32.6 Å². The van der Waals surface area contributed by atoms with Crippen molar-refractivity contribution < 1.29 is 14.3 Å². The number of fused-ring (bicyclic) bond motifs is 1. The quantitative estimate of drug-likeness (QED) is 0.787. The Bertz CT molecular complexity index is 959. The second-order valence-corrected chi connectivity index (χ2v) is 7.45. The maximum Gasteiger partial charge on any atom is 0.293 e. The van der Waals surface area contributed by atoms with Crippen LogP contribution in [0.15, 0.2) is 47.2 Å². The molecular formula is C21H23N3O3S. The minimum absolute atomic E-state index is 0.123. The third-order valence-corrected chi connectivity index (χ3v) is 5.13. The number of para-hydroxylation sites is 2. The van der Waals surface area contributed by atoms with Gasteiger partial charge in [-0.05, 0) is 42.1 Å². The van der Waals surface area contributed by atoms with Gasteiger partial charge < -0.3 is 19.9 Å². The van der Waals surface area contributed by atoms with E-state index in [9.17, 15) is 9.59 Å². The highest BCUT2D eigenvalue weighted by Crippen LogP contribution is 2.35. The largest absolute Gasteiger partial charge is 0.449 e. The van der Waals surface area contributed by atoms with Gasteiger partial charge in [0.25, 0.3) is 11.8 Å². The molecule has 0 saturated carbocycles. The molecule has 0 saturated heterocycles. The summed E-state index contributed by atoms with van der Waals surface area (Å²) in [4.78, 5) is 29.0. The molecule has 146 valence electrons. The predicted octanol–water partition coefficient (Wildman–Crippen LogP) is 3.18.